The molecule has 186 valence electrons. The molecule has 2 amide bonds. The SMILES string of the molecule is CCCC(C)c1cccc(N(CCC)C(=O)O[N+](C)(C(=O)O)c2cc(C)c(N(C)C)c(C)c2)c1. The first-order chi connectivity index (χ1) is 16.0. The summed E-state index contributed by atoms with van der Waals surface area (Å²) in [6.07, 6.45) is 0.866. The van der Waals surface area contributed by atoms with E-state index >= 15 is 0 Å². The number of carbonyl (C=O) groups is 2. The number of carboxylic acid groups (broad SMARTS) is 1. The maximum atomic E-state index is 13.4. The molecule has 2 unspecified atom stereocenters. The van der Waals surface area contributed by atoms with Gasteiger partial charge in [0.1, 0.15) is 7.05 Å². The maximum Gasteiger partial charge on any atom is 0.562 e. The third-order valence-corrected chi connectivity index (χ3v) is 6.18. The highest BCUT2D eigenvalue weighted by atomic mass is 16.8. The van der Waals surface area contributed by atoms with E-state index in [0.717, 1.165) is 35.2 Å². The fourth-order valence-electron chi connectivity index (χ4n) is 4.44. The summed E-state index contributed by atoms with van der Waals surface area (Å²) in [6, 6.07) is 11.4. The molecule has 7 heteroatoms. The van der Waals surface area contributed by atoms with E-state index in [1.54, 1.807) is 12.1 Å². The predicted octanol–water partition coefficient (Wildman–Crippen LogP) is 6.86. The van der Waals surface area contributed by atoms with Crippen molar-refractivity contribution >= 4 is 29.2 Å². The lowest BCUT2D eigenvalue weighted by molar-refractivity contribution is -0.0455. The lowest BCUT2D eigenvalue weighted by atomic mass is 9.96. The van der Waals surface area contributed by atoms with Crippen LogP contribution in [0.25, 0.3) is 0 Å². The van der Waals surface area contributed by atoms with Crippen LogP contribution in [0, 0.1) is 13.8 Å². The van der Waals surface area contributed by atoms with Crippen LogP contribution in [0.1, 0.15) is 62.6 Å². The number of benzene rings is 2. The summed E-state index contributed by atoms with van der Waals surface area (Å²) < 4.78 is -1.000. The molecule has 0 fully saturated rings. The minimum absolute atomic E-state index is 0.366. The van der Waals surface area contributed by atoms with Gasteiger partial charge in [0.15, 0.2) is 5.69 Å². The standard InChI is InChI=1S/C27H39N3O4/c1-9-12-19(3)22-13-11-14-23(18-22)29(15-10-2)26(31)34-30(8,27(32)33)24-16-20(4)25(28(6)7)21(5)17-24/h11,13-14,16-19H,9-10,12,15H2,1-8H3/p+1. The molecule has 0 aliphatic heterocycles. The third kappa shape index (κ3) is 5.89. The second-order valence-electron chi connectivity index (χ2n) is 9.32. The molecule has 2 atom stereocenters. The zero-order valence-electron chi connectivity index (χ0n) is 21.9. The van der Waals surface area contributed by atoms with Crippen molar-refractivity contribution in [1.82, 2.24) is 4.65 Å². The van der Waals surface area contributed by atoms with E-state index in [1.165, 1.54) is 11.9 Å². The van der Waals surface area contributed by atoms with Gasteiger partial charge in [-0.2, -0.15) is 4.79 Å². The molecule has 1 N–H and O–H groups in total. The fourth-order valence-corrected chi connectivity index (χ4v) is 4.44. The summed E-state index contributed by atoms with van der Waals surface area (Å²) in [4.78, 5) is 35.0. The van der Waals surface area contributed by atoms with E-state index in [9.17, 15) is 14.7 Å². The van der Waals surface area contributed by atoms with E-state index in [0.29, 0.717) is 30.3 Å². The van der Waals surface area contributed by atoms with Crippen molar-refractivity contribution in [1.29, 1.82) is 0 Å². The van der Waals surface area contributed by atoms with Gasteiger partial charge in [-0.15, -0.1) is 0 Å². The van der Waals surface area contributed by atoms with Crippen LogP contribution in [0.3, 0.4) is 0 Å². The Morgan fingerprint density at radius 2 is 1.68 bits per heavy atom. The summed E-state index contributed by atoms with van der Waals surface area (Å²) in [5, 5.41) is 10.1. The van der Waals surface area contributed by atoms with Crippen molar-refractivity contribution in [3.63, 3.8) is 0 Å². The highest BCUT2D eigenvalue weighted by Crippen LogP contribution is 2.33. The van der Waals surface area contributed by atoms with Crippen LogP contribution in [0.5, 0.6) is 0 Å². The van der Waals surface area contributed by atoms with Crippen molar-refractivity contribution in [3.8, 4) is 0 Å². The molecule has 0 spiro atoms. The van der Waals surface area contributed by atoms with Gasteiger partial charge in [-0.1, -0.05) is 39.3 Å². The molecule has 0 aliphatic rings. The predicted molar refractivity (Wildman–Crippen MR) is 140 cm³/mol. The van der Waals surface area contributed by atoms with E-state index < -0.39 is 16.8 Å². The summed E-state index contributed by atoms with van der Waals surface area (Å²) in [7, 11) is 5.27. The summed E-state index contributed by atoms with van der Waals surface area (Å²) >= 11 is 0. The summed E-state index contributed by atoms with van der Waals surface area (Å²) in [5.74, 6) is 0.366. The molecule has 2 rings (SSSR count). The van der Waals surface area contributed by atoms with E-state index in [4.69, 9.17) is 4.84 Å². The first-order valence-electron chi connectivity index (χ1n) is 12.0. The number of carbonyl (C=O) groups excluding carboxylic acids is 1. The Morgan fingerprint density at radius 1 is 1.06 bits per heavy atom. The van der Waals surface area contributed by atoms with Crippen molar-refractivity contribution in [2.24, 2.45) is 0 Å². The van der Waals surface area contributed by atoms with Gasteiger partial charge in [0.25, 0.3) is 0 Å². The van der Waals surface area contributed by atoms with E-state index in [-0.39, 0.29) is 0 Å². The van der Waals surface area contributed by atoms with Crippen LogP contribution >= 0.6 is 0 Å². The second-order valence-corrected chi connectivity index (χ2v) is 9.32. The van der Waals surface area contributed by atoms with E-state index in [2.05, 4.69) is 19.9 Å². The Hall–Kier alpha value is -3.06. The lowest BCUT2D eigenvalue weighted by Crippen LogP contribution is -2.53. The highest BCUT2D eigenvalue weighted by molar-refractivity contribution is 5.90. The normalized spacial score (nSPS) is 13.6. The molecule has 2 aromatic carbocycles. The first-order valence-corrected chi connectivity index (χ1v) is 12.0. The number of rotatable bonds is 8. The maximum absolute atomic E-state index is 13.4. The number of nitrogens with zero attached hydrogens (tertiary/aromatic N) is 3. The molecule has 0 heterocycles. The number of hydrogen-bond acceptors (Lipinski definition) is 4. The Kier molecular flexibility index (Phi) is 9.10. The molecule has 0 aromatic heterocycles. The topological polar surface area (TPSA) is 70.1 Å². The molecular formula is C27H40N3O4+. The molecule has 0 aliphatic carbocycles. The first kappa shape index (κ1) is 27.2. The lowest BCUT2D eigenvalue weighted by Gasteiger charge is -2.29. The van der Waals surface area contributed by atoms with Gasteiger partial charge in [0.2, 0.25) is 0 Å². The largest absolute Gasteiger partial charge is 0.562 e. The van der Waals surface area contributed by atoms with Crippen molar-refractivity contribution in [2.75, 3.05) is 37.5 Å². The van der Waals surface area contributed by atoms with Crippen molar-refractivity contribution in [3.05, 3.63) is 53.1 Å². The number of aryl methyl sites for hydroxylation is 2. The minimum atomic E-state index is -1.27. The zero-order valence-corrected chi connectivity index (χ0v) is 21.9. The van der Waals surface area contributed by atoms with Gasteiger partial charge < -0.3 is 10.0 Å². The average molecular weight is 471 g/mol. The highest BCUT2D eigenvalue weighted by Gasteiger charge is 2.43. The number of hydrogen-bond donors (Lipinski definition) is 1. The molecule has 2 aromatic rings. The Morgan fingerprint density at radius 3 is 2.18 bits per heavy atom. The van der Waals surface area contributed by atoms with Gasteiger partial charge in [-0.3, -0.25) is 4.90 Å². The van der Waals surface area contributed by atoms with Gasteiger partial charge in [0, 0.05) is 44.1 Å². The minimum Gasteiger partial charge on any atom is -0.432 e. The van der Waals surface area contributed by atoms with Crippen LogP contribution in [-0.2, 0) is 4.84 Å². The smallest absolute Gasteiger partial charge is 0.432 e. The van der Waals surface area contributed by atoms with Crippen LogP contribution < -0.4 is 14.4 Å². The zero-order chi connectivity index (χ0) is 25.6. The number of hydroxylamine groups is 2. The molecule has 0 bridgehead atoms. The molecule has 7 nitrogen and oxygen atoms in total. The Bertz CT molecular complexity index is 998. The fraction of sp³-hybridized carbons (Fsp3) is 0.481. The number of anilines is 2. The molecule has 0 saturated heterocycles. The van der Waals surface area contributed by atoms with Crippen LogP contribution in [0.2, 0.25) is 0 Å². The molecule has 0 radical (unpaired) electrons. The Balaban J connectivity index is 2.45. The van der Waals surface area contributed by atoms with E-state index in [1.807, 2.05) is 58.0 Å². The van der Waals surface area contributed by atoms with Crippen molar-refractivity contribution < 1.29 is 19.5 Å². The molecule has 0 saturated carbocycles. The monoisotopic (exact) mass is 470 g/mol. The van der Waals surface area contributed by atoms with Gasteiger partial charge in [-0.25, -0.2) is 9.63 Å². The van der Waals surface area contributed by atoms with Crippen LogP contribution in [0.4, 0.5) is 26.7 Å². The summed E-state index contributed by atoms with van der Waals surface area (Å²) in [5.41, 5.74) is 5.06. The molecule has 34 heavy (non-hydrogen) atoms. The van der Waals surface area contributed by atoms with Gasteiger partial charge >= 0.3 is 12.2 Å². The molecular weight excluding hydrogens is 430 g/mol. The average Bonchev–Trinajstić information content (AvgIpc) is 2.76. The van der Waals surface area contributed by atoms with Crippen molar-refractivity contribution in [2.45, 2.75) is 59.8 Å². The Labute approximate surface area is 204 Å². The van der Waals surface area contributed by atoms with Crippen LogP contribution in [-0.4, -0.2) is 45.0 Å². The van der Waals surface area contributed by atoms with Crippen LogP contribution in [0.15, 0.2) is 36.4 Å². The second kappa shape index (κ2) is 11.4. The summed E-state index contributed by atoms with van der Waals surface area (Å²) in [6.45, 7) is 10.6. The van der Waals surface area contributed by atoms with Gasteiger partial charge in [0.05, 0.1) is 0 Å². The number of amides is 2. The quantitative estimate of drug-likeness (QED) is 0.337. The van der Waals surface area contributed by atoms with Gasteiger partial charge in [-0.05, 0) is 66.1 Å². The third-order valence-electron chi connectivity index (χ3n) is 6.18. The number of quaternary nitrogens is 1.